The number of carbonyl (C=O) groups excluding carboxylic acids is 4. The normalized spacial score (nSPS) is 14.8. The quantitative estimate of drug-likeness (QED) is 0.0222. The van der Waals surface area contributed by atoms with E-state index in [4.69, 9.17) is 37.0 Å². The highest BCUT2D eigenvalue weighted by molar-refractivity contribution is 7.47. The van der Waals surface area contributed by atoms with Crippen molar-refractivity contribution < 1.29 is 80.2 Å². The van der Waals surface area contributed by atoms with E-state index in [9.17, 15) is 43.2 Å². The molecule has 0 aromatic rings. The Balaban J connectivity index is 5.28. The third kappa shape index (κ3) is 68.5. The number of esters is 4. The molecule has 0 radical (unpaired) electrons. The molecule has 0 saturated carbocycles. The Morgan fingerprint density at radius 3 is 0.724 bits per heavy atom. The first kappa shape index (κ1) is 96.1. The molecule has 17 nitrogen and oxygen atoms in total. The number of aliphatic hydroxyl groups excluding tert-OH is 1. The van der Waals surface area contributed by atoms with Gasteiger partial charge in [0.2, 0.25) is 0 Å². The molecular weight excluding hydrogens is 1280 g/mol. The molecule has 3 N–H and O–H groups in total. The molecule has 0 amide bonds. The van der Waals surface area contributed by atoms with Crippen molar-refractivity contribution in [2.24, 2.45) is 17.8 Å². The Hall–Kier alpha value is -1.94. The van der Waals surface area contributed by atoms with Crippen LogP contribution >= 0.6 is 15.6 Å². The van der Waals surface area contributed by atoms with Crippen LogP contribution < -0.4 is 0 Å². The summed E-state index contributed by atoms with van der Waals surface area (Å²) in [5.41, 5.74) is 0. The molecule has 0 saturated heterocycles. The highest BCUT2D eigenvalue weighted by Gasteiger charge is 2.30. The molecule has 0 aliphatic heterocycles. The van der Waals surface area contributed by atoms with E-state index < -0.39 is 97.5 Å². The predicted octanol–water partition coefficient (Wildman–Crippen LogP) is 23.4. The second-order valence-corrected chi connectivity index (χ2v) is 32.1. The minimum Gasteiger partial charge on any atom is -0.462 e. The number of aliphatic hydroxyl groups is 1. The summed E-state index contributed by atoms with van der Waals surface area (Å²) in [6.07, 6.45) is 56.6. The molecule has 0 aliphatic rings. The zero-order chi connectivity index (χ0) is 72.3. The van der Waals surface area contributed by atoms with Crippen LogP contribution in [0, 0.1) is 17.8 Å². The van der Waals surface area contributed by atoms with Gasteiger partial charge in [-0.25, -0.2) is 9.13 Å². The fourth-order valence-corrected chi connectivity index (χ4v) is 13.6. The van der Waals surface area contributed by atoms with Crippen molar-refractivity contribution in [2.75, 3.05) is 39.6 Å². The van der Waals surface area contributed by atoms with Crippen molar-refractivity contribution in [2.45, 2.75) is 426 Å². The number of rotatable bonds is 77. The first-order chi connectivity index (χ1) is 47.3. The van der Waals surface area contributed by atoms with Gasteiger partial charge < -0.3 is 33.8 Å². The van der Waals surface area contributed by atoms with Crippen molar-refractivity contribution in [3.8, 4) is 0 Å². The van der Waals surface area contributed by atoms with Gasteiger partial charge in [-0.15, -0.1) is 0 Å². The number of ether oxygens (including phenoxy) is 4. The lowest BCUT2D eigenvalue weighted by Crippen LogP contribution is -2.30. The van der Waals surface area contributed by atoms with Crippen molar-refractivity contribution in [1.29, 1.82) is 0 Å². The number of phosphoric acid groups is 2. The standard InChI is InChI=1S/C79H154O17P2/c1-8-12-13-14-15-16-17-18-19-20-21-22-23-24-32-41-48-55-62-78(83)95-74(66-89-76(81)60-53-46-39-31-27-25-29-36-43-50-57-70(5)9-2)68-93-97(85,86)91-64-73(80)65-92-98(87,88)94-69-75(67-90-77(82)61-54-47-40-35-34-38-45-52-59-72(7)11-4)96-79(84)63-56-49-42-33-28-26-30-37-44-51-58-71(6)10-3/h70-75,80H,8-69H2,1-7H3,(H,85,86)(H,87,88)/t70?,71?,72?,73-,74-,75-/m1/s1. The van der Waals surface area contributed by atoms with Crippen LogP contribution in [0.25, 0.3) is 0 Å². The van der Waals surface area contributed by atoms with Gasteiger partial charge in [0.25, 0.3) is 0 Å². The maximum Gasteiger partial charge on any atom is 0.472 e. The summed E-state index contributed by atoms with van der Waals surface area (Å²) in [6, 6.07) is 0. The van der Waals surface area contributed by atoms with Gasteiger partial charge >= 0.3 is 39.5 Å². The molecule has 19 heteroatoms. The van der Waals surface area contributed by atoms with Gasteiger partial charge in [0.1, 0.15) is 19.3 Å². The van der Waals surface area contributed by atoms with E-state index in [0.29, 0.717) is 25.7 Å². The number of hydrogen-bond acceptors (Lipinski definition) is 15. The summed E-state index contributed by atoms with van der Waals surface area (Å²) < 4.78 is 68.7. The number of phosphoric ester groups is 2. The molecule has 0 fully saturated rings. The fraction of sp³-hybridized carbons (Fsp3) is 0.949. The van der Waals surface area contributed by atoms with Gasteiger partial charge in [-0.3, -0.25) is 37.3 Å². The lowest BCUT2D eigenvalue weighted by atomic mass is 9.99. The van der Waals surface area contributed by atoms with Gasteiger partial charge in [-0.05, 0) is 43.4 Å². The van der Waals surface area contributed by atoms with E-state index in [0.717, 1.165) is 108 Å². The summed E-state index contributed by atoms with van der Waals surface area (Å²) in [5, 5.41) is 10.6. The van der Waals surface area contributed by atoms with Crippen LogP contribution in [-0.4, -0.2) is 96.7 Å². The van der Waals surface area contributed by atoms with Gasteiger partial charge in [0, 0.05) is 25.7 Å². The van der Waals surface area contributed by atoms with Crippen LogP contribution in [0.2, 0.25) is 0 Å². The van der Waals surface area contributed by atoms with Gasteiger partial charge in [0.15, 0.2) is 12.2 Å². The van der Waals surface area contributed by atoms with E-state index in [-0.39, 0.29) is 25.7 Å². The summed E-state index contributed by atoms with van der Waals surface area (Å²) in [4.78, 5) is 73.0. The Morgan fingerprint density at radius 1 is 0.286 bits per heavy atom. The molecular formula is C79H154O17P2. The van der Waals surface area contributed by atoms with E-state index in [1.165, 1.54) is 218 Å². The van der Waals surface area contributed by atoms with Crippen molar-refractivity contribution >= 4 is 39.5 Å². The minimum atomic E-state index is -4.96. The Labute approximate surface area is 600 Å². The first-order valence-corrected chi connectivity index (χ1v) is 44.0. The van der Waals surface area contributed by atoms with Crippen LogP contribution in [0.3, 0.4) is 0 Å². The molecule has 0 spiro atoms. The average molecular weight is 1440 g/mol. The molecule has 0 bridgehead atoms. The molecule has 0 heterocycles. The summed E-state index contributed by atoms with van der Waals surface area (Å²) in [5.74, 6) is 0.277. The lowest BCUT2D eigenvalue weighted by Gasteiger charge is -2.21. The second kappa shape index (κ2) is 69.4. The van der Waals surface area contributed by atoms with Crippen LogP contribution in [-0.2, 0) is 65.4 Å². The highest BCUT2D eigenvalue weighted by atomic mass is 31.2. The van der Waals surface area contributed by atoms with E-state index >= 15 is 0 Å². The number of unbranched alkanes of at least 4 members (excludes halogenated alkanes) is 42. The van der Waals surface area contributed by atoms with Gasteiger partial charge in [0.05, 0.1) is 26.4 Å². The number of carbonyl (C=O) groups is 4. The third-order valence-electron chi connectivity index (χ3n) is 19.5. The van der Waals surface area contributed by atoms with E-state index in [1.807, 2.05) is 0 Å². The van der Waals surface area contributed by atoms with Crippen LogP contribution in [0.15, 0.2) is 0 Å². The second-order valence-electron chi connectivity index (χ2n) is 29.2. The smallest absolute Gasteiger partial charge is 0.462 e. The molecule has 0 aromatic heterocycles. The largest absolute Gasteiger partial charge is 0.472 e. The first-order valence-electron chi connectivity index (χ1n) is 41.0. The predicted molar refractivity (Wildman–Crippen MR) is 400 cm³/mol. The van der Waals surface area contributed by atoms with E-state index in [1.54, 1.807) is 0 Å². The average Bonchev–Trinajstić information content (AvgIpc) is 1.16. The third-order valence-corrected chi connectivity index (χ3v) is 21.4. The van der Waals surface area contributed by atoms with Crippen molar-refractivity contribution in [3.05, 3.63) is 0 Å². The fourth-order valence-electron chi connectivity index (χ4n) is 12.0. The highest BCUT2D eigenvalue weighted by Crippen LogP contribution is 2.45. The van der Waals surface area contributed by atoms with Crippen LogP contribution in [0.5, 0.6) is 0 Å². The zero-order valence-corrected chi connectivity index (χ0v) is 66.0. The SMILES string of the molecule is CCCCCCCCCCCCCCCCCCCCC(=O)O[C@H](COC(=O)CCCCCCCCCCCCC(C)CC)COP(=O)(O)OC[C@@H](O)COP(=O)(O)OC[C@@H](COC(=O)CCCCCCCCCCC(C)CC)OC(=O)CCCCCCCCCCCCC(C)CC. The zero-order valence-electron chi connectivity index (χ0n) is 64.3. The Bertz CT molecular complexity index is 1910. The topological polar surface area (TPSA) is 237 Å². The molecule has 0 aliphatic carbocycles. The number of hydrogen-bond donors (Lipinski definition) is 3. The Morgan fingerprint density at radius 2 is 0.490 bits per heavy atom. The molecule has 0 rings (SSSR count). The summed E-state index contributed by atoms with van der Waals surface area (Å²) in [7, 11) is -9.92. The summed E-state index contributed by atoms with van der Waals surface area (Å²) in [6.45, 7) is 12.0. The lowest BCUT2D eigenvalue weighted by molar-refractivity contribution is -0.161. The minimum absolute atomic E-state index is 0.106. The molecule has 98 heavy (non-hydrogen) atoms. The van der Waals surface area contributed by atoms with Gasteiger partial charge in [-0.1, -0.05) is 357 Å². The summed E-state index contributed by atoms with van der Waals surface area (Å²) >= 11 is 0. The van der Waals surface area contributed by atoms with Gasteiger partial charge in [-0.2, -0.15) is 0 Å². The molecule has 0 aromatic carbocycles. The van der Waals surface area contributed by atoms with Crippen LogP contribution in [0.4, 0.5) is 0 Å². The van der Waals surface area contributed by atoms with Crippen LogP contribution in [0.1, 0.15) is 408 Å². The maximum absolute atomic E-state index is 13.1. The molecule has 8 atom stereocenters. The maximum atomic E-state index is 13.1. The molecule has 5 unspecified atom stereocenters. The Kier molecular flexibility index (Phi) is 68.1. The monoisotopic (exact) mass is 1440 g/mol. The molecule has 582 valence electrons. The van der Waals surface area contributed by atoms with Crippen molar-refractivity contribution in [3.63, 3.8) is 0 Å². The van der Waals surface area contributed by atoms with Crippen molar-refractivity contribution in [1.82, 2.24) is 0 Å². The van der Waals surface area contributed by atoms with E-state index in [2.05, 4.69) is 48.5 Å².